The Hall–Kier alpha value is -3.00. The summed E-state index contributed by atoms with van der Waals surface area (Å²) >= 11 is 1.40. The van der Waals surface area contributed by atoms with Crippen LogP contribution in [-0.4, -0.2) is 46.1 Å². The summed E-state index contributed by atoms with van der Waals surface area (Å²) in [5, 5.41) is 12.1. The van der Waals surface area contributed by atoms with Gasteiger partial charge >= 0.3 is 0 Å². The van der Waals surface area contributed by atoms with Crippen LogP contribution < -0.4 is 15.0 Å². The van der Waals surface area contributed by atoms with Gasteiger partial charge in [-0.25, -0.2) is 0 Å². The average Bonchev–Trinajstić information content (AvgIpc) is 3.18. The second-order valence-electron chi connectivity index (χ2n) is 7.41. The number of anilines is 1. The monoisotopic (exact) mass is 453 g/mol. The Bertz CT molecular complexity index is 1010. The average molecular weight is 454 g/mol. The summed E-state index contributed by atoms with van der Waals surface area (Å²) in [6.45, 7) is 8.59. The number of hydrogen-bond donors (Lipinski definition) is 1. The standard InChI is InChI=1S/C24H31N5O2S/c1-6-29(7-2)20-12-10-19(11-13-20)22-26-27-24(28(22)4)32-17(3)23(30)25-16-18-8-14-21(31-5)15-9-18/h8-15,17H,6-7,16H2,1-5H3,(H,25,30). The number of hydrogen-bond acceptors (Lipinski definition) is 6. The highest BCUT2D eigenvalue weighted by Gasteiger charge is 2.19. The minimum absolute atomic E-state index is 0.0426. The summed E-state index contributed by atoms with van der Waals surface area (Å²) in [4.78, 5) is 14.9. The number of carbonyl (C=O) groups is 1. The molecule has 3 aromatic rings. The molecule has 1 atom stereocenters. The maximum absolute atomic E-state index is 12.6. The van der Waals surface area contributed by atoms with Crippen LogP contribution in [0, 0.1) is 0 Å². The molecular formula is C24H31N5O2S. The molecule has 0 bridgehead atoms. The van der Waals surface area contributed by atoms with Gasteiger partial charge in [0.1, 0.15) is 5.75 Å². The van der Waals surface area contributed by atoms with Gasteiger partial charge < -0.3 is 19.5 Å². The minimum Gasteiger partial charge on any atom is -0.497 e. The highest BCUT2D eigenvalue weighted by Crippen LogP contribution is 2.27. The highest BCUT2D eigenvalue weighted by atomic mass is 32.2. The third-order valence-corrected chi connectivity index (χ3v) is 6.50. The lowest BCUT2D eigenvalue weighted by Crippen LogP contribution is -2.30. The van der Waals surface area contributed by atoms with E-state index < -0.39 is 0 Å². The SMILES string of the molecule is CCN(CC)c1ccc(-c2nnc(SC(C)C(=O)NCc3ccc(OC)cc3)n2C)cc1. The Morgan fingerprint density at radius 2 is 1.75 bits per heavy atom. The molecule has 1 N–H and O–H groups in total. The molecule has 0 saturated heterocycles. The van der Waals surface area contributed by atoms with Gasteiger partial charge in [-0.1, -0.05) is 23.9 Å². The van der Waals surface area contributed by atoms with Crippen molar-refractivity contribution in [1.29, 1.82) is 0 Å². The van der Waals surface area contributed by atoms with Crippen molar-refractivity contribution >= 4 is 23.4 Å². The molecule has 7 nitrogen and oxygen atoms in total. The second kappa shape index (κ2) is 11.0. The van der Waals surface area contributed by atoms with Gasteiger partial charge in [0.05, 0.1) is 12.4 Å². The lowest BCUT2D eigenvalue weighted by molar-refractivity contribution is -0.120. The lowest BCUT2D eigenvalue weighted by atomic mass is 10.2. The Labute approximate surface area is 194 Å². The summed E-state index contributed by atoms with van der Waals surface area (Å²) in [6.07, 6.45) is 0. The first-order chi connectivity index (χ1) is 15.5. The van der Waals surface area contributed by atoms with E-state index in [2.05, 4.69) is 58.5 Å². The van der Waals surface area contributed by atoms with E-state index in [1.54, 1.807) is 7.11 Å². The number of methoxy groups -OCH3 is 1. The van der Waals surface area contributed by atoms with Crippen LogP contribution in [0.5, 0.6) is 5.75 Å². The van der Waals surface area contributed by atoms with Gasteiger partial charge in [0.15, 0.2) is 11.0 Å². The quantitative estimate of drug-likeness (QED) is 0.465. The van der Waals surface area contributed by atoms with E-state index in [9.17, 15) is 4.79 Å². The van der Waals surface area contributed by atoms with E-state index in [1.165, 1.54) is 17.4 Å². The summed E-state index contributed by atoms with van der Waals surface area (Å²) < 4.78 is 7.10. The van der Waals surface area contributed by atoms with Gasteiger partial charge in [-0.2, -0.15) is 0 Å². The van der Waals surface area contributed by atoms with Crippen LogP contribution in [0.4, 0.5) is 5.69 Å². The Morgan fingerprint density at radius 1 is 1.09 bits per heavy atom. The number of ether oxygens (including phenoxy) is 1. The van der Waals surface area contributed by atoms with Crippen molar-refractivity contribution in [2.45, 2.75) is 37.7 Å². The van der Waals surface area contributed by atoms with E-state index in [4.69, 9.17) is 4.74 Å². The van der Waals surface area contributed by atoms with Gasteiger partial charge in [-0.05, 0) is 62.7 Å². The number of rotatable bonds is 10. The molecule has 0 spiro atoms. The summed E-state index contributed by atoms with van der Waals surface area (Å²) in [6, 6.07) is 16.0. The first kappa shape index (κ1) is 23.7. The molecule has 170 valence electrons. The molecular weight excluding hydrogens is 422 g/mol. The fraction of sp³-hybridized carbons (Fsp3) is 0.375. The van der Waals surface area contributed by atoms with E-state index in [1.807, 2.05) is 42.8 Å². The number of thioether (sulfide) groups is 1. The molecule has 0 radical (unpaired) electrons. The van der Waals surface area contributed by atoms with Gasteiger partial charge in [0, 0.05) is 37.9 Å². The molecule has 0 aliphatic heterocycles. The van der Waals surface area contributed by atoms with Gasteiger partial charge in [0.2, 0.25) is 5.91 Å². The van der Waals surface area contributed by atoms with Crippen LogP contribution in [0.25, 0.3) is 11.4 Å². The fourth-order valence-corrected chi connectivity index (χ4v) is 4.21. The predicted molar refractivity (Wildman–Crippen MR) is 130 cm³/mol. The molecule has 0 saturated carbocycles. The van der Waals surface area contributed by atoms with Crippen molar-refractivity contribution in [3.63, 3.8) is 0 Å². The molecule has 32 heavy (non-hydrogen) atoms. The lowest BCUT2D eigenvalue weighted by Gasteiger charge is -2.21. The third kappa shape index (κ3) is 5.62. The maximum Gasteiger partial charge on any atom is 0.233 e. The van der Waals surface area contributed by atoms with Crippen molar-refractivity contribution in [2.24, 2.45) is 7.05 Å². The summed E-state index contributed by atoms with van der Waals surface area (Å²) in [5.74, 6) is 1.54. The highest BCUT2D eigenvalue weighted by molar-refractivity contribution is 8.00. The smallest absolute Gasteiger partial charge is 0.233 e. The Morgan fingerprint density at radius 3 is 2.34 bits per heavy atom. The van der Waals surface area contributed by atoms with Crippen LogP contribution in [-0.2, 0) is 18.4 Å². The van der Waals surface area contributed by atoms with Crippen molar-refractivity contribution in [1.82, 2.24) is 20.1 Å². The zero-order chi connectivity index (χ0) is 23.1. The molecule has 1 amide bonds. The molecule has 3 rings (SSSR count). The van der Waals surface area contributed by atoms with Crippen LogP contribution in [0.3, 0.4) is 0 Å². The molecule has 1 aromatic heterocycles. The Kier molecular flexibility index (Phi) is 8.16. The van der Waals surface area contributed by atoms with Crippen LogP contribution in [0.15, 0.2) is 53.7 Å². The van der Waals surface area contributed by atoms with Gasteiger partial charge in [-0.3, -0.25) is 4.79 Å². The van der Waals surface area contributed by atoms with Gasteiger partial charge in [0.25, 0.3) is 0 Å². The minimum atomic E-state index is -0.297. The number of amides is 1. The predicted octanol–water partition coefficient (Wildman–Crippen LogP) is 4.13. The van der Waals surface area contributed by atoms with Gasteiger partial charge in [-0.15, -0.1) is 10.2 Å². The van der Waals surface area contributed by atoms with E-state index in [-0.39, 0.29) is 11.2 Å². The third-order valence-electron chi connectivity index (χ3n) is 5.37. The maximum atomic E-state index is 12.6. The number of nitrogens with zero attached hydrogens (tertiary/aromatic N) is 4. The molecule has 0 fully saturated rings. The van der Waals surface area contributed by atoms with E-state index in [0.717, 1.165) is 35.8 Å². The zero-order valence-electron chi connectivity index (χ0n) is 19.3. The number of nitrogens with one attached hydrogen (secondary N) is 1. The number of aromatic nitrogens is 3. The molecule has 1 heterocycles. The number of carbonyl (C=O) groups excluding carboxylic acids is 1. The summed E-state index contributed by atoms with van der Waals surface area (Å²) in [7, 11) is 3.56. The zero-order valence-corrected chi connectivity index (χ0v) is 20.1. The Balaban J connectivity index is 1.61. The van der Waals surface area contributed by atoms with E-state index in [0.29, 0.717) is 11.7 Å². The van der Waals surface area contributed by atoms with Crippen LogP contribution in [0.1, 0.15) is 26.3 Å². The number of benzene rings is 2. The molecule has 8 heteroatoms. The van der Waals surface area contributed by atoms with Crippen molar-refractivity contribution < 1.29 is 9.53 Å². The first-order valence-corrected chi connectivity index (χ1v) is 11.7. The van der Waals surface area contributed by atoms with Crippen LogP contribution in [0.2, 0.25) is 0 Å². The normalized spacial score (nSPS) is 11.8. The largest absolute Gasteiger partial charge is 0.497 e. The molecule has 2 aromatic carbocycles. The summed E-state index contributed by atoms with van der Waals surface area (Å²) in [5.41, 5.74) is 3.21. The molecule has 0 aliphatic rings. The van der Waals surface area contributed by atoms with E-state index >= 15 is 0 Å². The fourth-order valence-electron chi connectivity index (χ4n) is 3.37. The van der Waals surface area contributed by atoms with Crippen LogP contribution >= 0.6 is 11.8 Å². The molecule has 0 aliphatic carbocycles. The van der Waals surface area contributed by atoms with Crippen molar-refractivity contribution in [3.05, 3.63) is 54.1 Å². The molecule has 1 unspecified atom stereocenters. The second-order valence-corrected chi connectivity index (χ2v) is 8.72. The van der Waals surface area contributed by atoms with Crippen molar-refractivity contribution in [2.75, 3.05) is 25.1 Å². The van der Waals surface area contributed by atoms with Crippen molar-refractivity contribution in [3.8, 4) is 17.1 Å². The topological polar surface area (TPSA) is 72.3 Å². The first-order valence-electron chi connectivity index (χ1n) is 10.8.